The molecule has 1 aromatic carbocycles. The van der Waals surface area contributed by atoms with Crippen molar-refractivity contribution in [3.63, 3.8) is 0 Å². The summed E-state index contributed by atoms with van der Waals surface area (Å²) >= 11 is 5.90. The van der Waals surface area contributed by atoms with Crippen molar-refractivity contribution < 1.29 is 12.9 Å². The van der Waals surface area contributed by atoms with E-state index < -0.39 is 10.0 Å². The van der Waals surface area contributed by atoms with Gasteiger partial charge in [0.05, 0.1) is 4.90 Å². The quantitative estimate of drug-likeness (QED) is 0.941. The molecule has 0 spiro atoms. The van der Waals surface area contributed by atoms with E-state index in [0.29, 0.717) is 10.8 Å². The largest absolute Gasteiger partial charge is 0.360 e. The zero-order chi connectivity index (χ0) is 13.3. The molecule has 0 bridgehead atoms. The molecule has 2 rings (SSSR count). The van der Waals surface area contributed by atoms with Crippen molar-refractivity contribution in [1.82, 2.24) is 5.16 Å². The topological polar surface area (TPSA) is 72.2 Å². The van der Waals surface area contributed by atoms with E-state index in [4.69, 9.17) is 16.1 Å². The lowest BCUT2D eigenvalue weighted by molar-refractivity contribution is 0.400. The van der Waals surface area contributed by atoms with Gasteiger partial charge in [0.1, 0.15) is 5.76 Å². The monoisotopic (exact) mass is 286 g/mol. The third-order valence-corrected chi connectivity index (χ3v) is 4.08. The Morgan fingerprint density at radius 3 is 2.56 bits per heavy atom. The molecule has 5 nitrogen and oxygen atoms in total. The average molecular weight is 287 g/mol. The fourth-order valence-electron chi connectivity index (χ4n) is 1.35. The second-order valence-corrected chi connectivity index (χ2v) is 5.93. The molecule has 0 saturated heterocycles. The number of halogens is 1. The summed E-state index contributed by atoms with van der Waals surface area (Å²) in [5, 5.41) is 3.97. The number of nitrogens with zero attached hydrogens (tertiary/aromatic N) is 1. The standard InChI is InChI=1S/C11H11ClN2O3S/c1-7-3-4-9(6-10(7)12)18(15,16)14-11-5-8(2)17-13-11/h3-6H,1-2H3,(H,13,14). The van der Waals surface area contributed by atoms with Gasteiger partial charge < -0.3 is 4.52 Å². The van der Waals surface area contributed by atoms with Gasteiger partial charge in [-0.3, -0.25) is 4.72 Å². The van der Waals surface area contributed by atoms with E-state index >= 15 is 0 Å². The summed E-state index contributed by atoms with van der Waals surface area (Å²) in [5.41, 5.74) is 0.813. The molecule has 96 valence electrons. The van der Waals surface area contributed by atoms with Crippen LogP contribution in [0.25, 0.3) is 0 Å². The van der Waals surface area contributed by atoms with Crippen LogP contribution in [0.2, 0.25) is 5.02 Å². The lowest BCUT2D eigenvalue weighted by atomic mass is 10.2. The molecule has 0 unspecified atom stereocenters. The fraction of sp³-hybridized carbons (Fsp3) is 0.182. The van der Waals surface area contributed by atoms with Crippen molar-refractivity contribution in [2.45, 2.75) is 18.7 Å². The van der Waals surface area contributed by atoms with Crippen LogP contribution in [0.1, 0.15) is 11.3 Å². The van der Waals surface area contributed by atoms with Crippen molar-refractivity contribution >= 4 is 27.4 Å². The highest BCUT2D eigenvalue weighted by Gasteiger charge is 2.17. The minimum atomic E-state index is -3.70. The van der Waals surface area contributed by atoms with Crippen LogP contribution < -0.4 is 4.72 Å². The normalized spacial score (nSPS) is 11.5. The molecule has 1 heterocycles. The molecule has 0 fully saturated rings. The van der Waals surface area contributed by atoms with Crippen LogP contribution in [0.5, 0.6) is 0 Å². The predicted octanol–water partition coefficient (Wildman–Crippen LogP) is 2.75. The van der Waals surface area contributed by atoms with Crippen molar-refractivity contribution in [3.8, 4) is 0 Å². The maximum absolute atomic E-state index is 12.0. The third kappa shape index (κ3) is 2.65. The number of nitrogens with one attached hydrogen (secondary N) is 1. The van der Waals surface area contributed by atoms with Crippen LogP contribution >= 0.6 is 11.6 Å². The first kappa shape index (κ1) is 12.9. The Morgan fingerprint density at radius 1 is 1.28 bits per heavy atom. The Hall–Kier alpha value is -1.53. The Bertz CT molecular complexity index is 679. The van der Waals surface area contributed by atoms with Gasteiger partial charge in [0.25, 0.3) is 10.0 Å². The maximum Gasteiger partial charge on any atom is 0.263 e. The summed E-state index contributed by atoms with van der Waals surface area (Å²) in [4.78, 5) is 0.0822. The molecule has 0 atom stereocenters. The SMILES string of the molecule is Cc1cc(NS(=O)(=O)c2ccc(C)c(Cl)c2)no1. The molecule has 1 aromatic heterocycles. The van der Waals surface area contributed by atoms with Gasteiger partial charge in [-0.25, -0.2) is 8.42 Å². The van der Waals surface area contributed by atoms with E-state index in [1.54, 1.807) is 19.9 Å². The Balaban J connectivity index is 2.33. The van der Waals surface area contributed by atoms with Gasteiger partial charge in [-0.05, 0) is 31.5 Å². The van der Waals surface area contributed by atoms with E-state index in [-0.39, 0.29) is 10.7 Å². The van der Waals surface area contributed by atoms with Crippen LogP contribution in [-0.2, 0) is 10.0 Å². The summed E-state index contributed by atoms with van der Waals surface area (Å²) in [5.74, 6) is 0.666. The summed E-state index contributed by atoms with van der Waals surface area (Å²) in [6.45, 7) is 3.47. The van der Waals surface area contributed by atoms with Crippen LogP contribution in [0.4, 0.5) is 5.82 Å². The Kier molecular flexibility index (Phi) is 3.32. The number of hydrogen-bond acceptors (Lipinski definition) is 4. The van der Waals surface area contributed by atoms with E-state index in [9.17, 15) is 8.42 Å². The van der Waals surface area contributed by atoms with Crippen molar-refractivity contribution in [2.75, 3.05) is 4.72 Å². The molecule has 0 aliphatic carbocycles. The van der Waals surface area contributed by atoms with E-state index in [1.807, 2.05) is 0 Å². The second kappa shape index (κ2) is 4.62. The first-order chi connectivity index (χ1) is 8.38. The maximum atomic E-state index is 12.0. The molecule has 18 heavy (non-hydrogen) atoms. The molecular weight excluding hydrogens is 276 g/mol. The van der Waals surface area contributed by atoms with Gasteiger partial charge in [-0.1, -0.05) is 22.8 Å². The molecular formula is C11H11ClN2O3S. The van der Waals surface area contributed by atoms with Gasteiger partial charge in [0.15, 0.2) is 5.82 Å². The smallest absolute Gasteiger partial charge is 0.263 e. The van der Waals surface area contributed by atoms with E-state index in [1.165, 1.54) is 18.2 Å². The van der Waals surface area contributed by atoms with E-state index in [0.717, 1.165) is 5.56 Å². The molecule has 0 aliphatic heterocycles. The predicted molar refractivity (Wildman–Crippen MR) is 68.2 cm³/mol. The lowest BCUT2D eigenvalue weighted by Crippen LogP contribution is -2.13. The number of aryl methyl sites for hydroxylation is 2. The first-order valence-electron chi connectivity index (χ1n) is 5.11. The molecule has 0 radical (unpaired) electrons. The van der Waals surface area contributed by atoms with Crippen molar-refractivity contribution in [3.05, 3.63) is 40.6 Å². The van der Waals surface area contributed by atoms with E-state index in [2.05, 4.69) is 9.88 Å². The van der Waals surface area contributed by atoms with Crippen molar-refractivity contribution in [2.24, 2.45) is 0 Å². The highest BCUT2D eigenvalue weighted by molar-refractivity contribution is 7.92. The number of hydrogen-bond donors (Lipinski definition) is 1. The molecule has 1 N–H and O–H groups in total. The van der Waals surface area contributed by atoms with Gasteiger partial charge in [-0.2, -0.15) is 0 Å². The minimum Gasteiger partial charge on any atom is -0.360 e. The number of benzene rings is 1. The zero-order valence-corrected chi connectivity index (χ0v) is 11.3. The van der Waals surface area contributed by atoms with Gasteiger partial charge in [0, 0.05) is 11.1 Å². The van der Waals surface area contributed by atoms with Crippen LogP contribution in [0.15, 0.2) is 33.7 Å². The molecule has 0 amide bonds. The molecule has 7 heteroatoms. The summed E-state index contributed by atoms with van der Waals surface area (Å²) in [7, 11) is -3.70. The summed E-state index contributed by atoms with van der Waals surface area (Å²) in [6.07, 6.45) is 0. The molecule has 0 saturated carbocycles. The Morgan fingerprint density at radius 2 is 2.00 bits per heavy atom. The van der Waals surface area contributed by atoms with Crippen LogP contribution in [0.3, 0.4) is 0 Å². The molecule has 0 aliphatic rings. The number of sulfonamides is 1. The highest BCUT2D eigenvalue weighted by Crippen LogP contribution is 2.22. The number of anilines is 1. The minimum absolute atomic E-state index is 0.0822. The lowest BCUT2D eigenvalue weighted by Gasteiger charge is -2.06. The second-order valence-electron chi connectivity index (χ2n) is 3.84. The fourth-order valence-corrected chi connectivity index (χ4v) is 2.61. The zero-order valence-electron chi connectivity index (χ0n) is 9.77. The Labute approximate surface area is 110 Å². The first-order valence-corrected chi connectivity index (χ1v) is 6.97. The van der Waals surface area contributed by atoms with Gasteiger partial charge in [0.2, 0.25) is 0 Å². The third-order valence-electron chi connectivity index (χ3n) is 2.32. The number of rotatable bonds is 3. The van der Waals surface area contributed by atoms with Crippen molar-refractivity contribution in [1.29, 1.82) is 0 Å². The van der Waals surface area contributed by atoms with Gasteiger partial charge >= 0.3 is 0 Å². The van der Waals surface area contributed by atoms with Crippen LogP contribution in [-0.4, -0.2) is 13.6 Å². The average Bonchev–Trinajstić information content (AvgIpc) is 2.67. The number of aromatic nitrogens is 1. The highest BCUT2D eigenvalue weighted by atomic mass is 35.5. The summed E-state index contributed by atoms with van der Waals surface area (Å²) in [6, 6.07) is 6.01. The summed E-state index contributed by atoms with van der Waals surface area (Å²) < 4.78 is 31.1. The van der Waals surface area contributed by atoms with Crippen LogP contribution in [0, 0.1) is 13.8 Å². The molecule has 2 aromatic rings. The van der Waals surface area contributed by atoms with Gasteiger partial charge in [-0.15, -0.1) is 0 Å².